The van der Waals surface area contributed by atoms with Gasteiger partial charge >= 0.3 is 0 Å². The van der Waals surface area contributed by atoms with E-state index in [0.29, 0.717) is 5.75 Å². The van der Waals surface area contributed by atoms with Crippen molar-refractivity contribution >= 4 is 6.08 Å². The van der Waals surface area contributed by atoms with Gasteiger partial charge in [0.15, 0.2) is 0 Å². The topological polar surface area (TPSA) is 23.5 Å². The predicted molar refractivity (Wildman–Crippen MR) is 111 cm³/mol. The molecule has 0 amide bonds. The number of benzene rings is 2. The van der Waals surface area contributed by atoms with E-state index in [1.165, 1.54) is 38.8 Å². The second kappa shape index (κ2) is 8.86. The van der Waals surface area contributed by atoms with E-state index in [9.17, 15) is 5.11 Å². The van der Waals surface area contributed by atoms with Gasteiger partial charge in [-0.3, -0.25) is 4.90 Å². The third-order valence-corrected chi connectivity index (χ3v) is 5.45. The molecule has 4 rings (SSSR count). The van der Waals surface area contributed by atoms with Gasteiger partial charge in [-0.25, -0.2) is 0 Å². The van der Waals surface area contributed by atoms with E-state index in [2.05, 4.69) is 35.7 Å². The minimum absolute atomic E-state index is 0.334. The van der Waals surface area contributed by atoms with E-state index in [1.807, 2.05) is 31.2 Å². The van der Waals surface area contributed by atoms with Gasteiger partial charge in [0.2, 0.25) is 0 Å². The van der Waals surface area contributed by atoms with Crippen LogP contribution in [-0.2, 0) is 12.8 Å². The fraction of sp³-hybridized carbons (Fsp3) is 0.333. The quantitative estimate of drug-likeness (QED) is 0.776. The van der Waals surface area contributed by atoms with Gasteiger partial charge in [0.25, 0.3) is 0 Å². The Labute approximate surface area is 157 Å². The Morgan fingerprint density at radius 3 is 2.27 bits per heavy atom. The van der Waals surface area contributed by atoms with Crippen LogP contribution in [0.4, 0.5) is 0 Å². The summed E-state index contributed by atoms with van der Waals surface area (Å²) in [7, 11) is 0. The summed E-state index contributed by atoms with van der Waals surface area (Å²) in [6, 6.07) is 15.2. The third-order valence-electron chi connectivity index (χ3n) is 5.45. The molecule has 1 N–H and O–H groups in total. The average molecular weight is 348 g/mol. The monoisotopic (exact) mass is 347 g/mol. The highest BCUT2D eigenvalue weighted by atomic mass is 16.3. The van der Waals surface area contributed by atoms with E-state index in [0.717, 1.165) is 17.2 Å². The summed E-state index contributed by atoms with van der Waals surface area (Å²) >= 11 is 0. The Hall–Kier alpha value is -2.32. The molecular formula is C24H29NO. The largest absolute Gasteiger partial charge is 0.508 e. The maximum absolute atomic E-state index is 9.34. The summed E-state index contributed by atoms with van der Waals surface area (Å²) in [5, 5.41) is 9.34. The second-order valence-electron chi connectivity index (χ2n) is 7.16. The number of hydrogen-bond acceptors (Lipinski definition) is 2. The highest BCUT2D eigenvalue weighted by Gasteiger charge is 2.27. The summed E-state index contributed by atoms with van der Waals surface area (Å²) < 4.78 is 0. The summed E-state index contributed by atoms with van der Waals surface area (Å²) in [5.41, 5.74) is 5.10. The van der Waals surface area contributed by atoms with Gasteiger partial charge in [0.1, 0.15) is 5.75 Å². The Kier molecular flexibility index (Phi) is 6.30. The Morgan fingerprint density at radius 2 is 1.65 bits per heavy atom. The van der Waals surface area contributed by atoms with Crippen LogP contribution in [0.1, 0.15) is 35.1 Å². The normalized spacial score (nSPS) is 17.1. The van der Waals surface area contributed by atoms with Crippen LogP contribution in [0.25, 0.3) is 6.08 Å². The molecule has 1 heterocycles. The average Bonchev–Trinajstić information content (AvgIpc) is 3.32. The molecule has 2 aromatic rings. The number of allylic oxidation sites excluding steroid dienone is 2. The molecular weight excluding hydrogens is 318 g/mol. The summed E-state index contributed by atoms with van der Waals surface area (Å²) in [4.78, 5) is 2.68. The molecule has 1 aliphatic carbocycles. The molecule has 1 fully saturated rings. The molecule has 0 spiro atoms. The fourth-order valence-electron chi connectivity index (χ4n) is 3.89. The molecule has 2 aromatic carbocycles. The number of likely N-dealkylation sites (tertiary alicyclic amines) is 1. The SMILES string of the molecule is C=C/C=C\c1cccc(O)c1C.c1ccc2c(c1)CC(N1CCCC1)C2. The first kappa shape index (κ1) is 18.5. The van der Waals surface area contributed by atoms with Crippen LogP contribution in [-0.4, -0.2) is 29.1 Å². The maximum atomic E-state index is 9.34. The molecule has 0 aromatic heterocycles. The van der Waals surface area contributed by atoms with Crippen molar-refractivity contribution in [3.05, 3.63) is 83.4 Å². The van der Waals surface area contributed by atoms with Crippen LogP contribution in [0.2, 0.25) is 0 Å². The van der Waals surface area contributed by atoms with Crippen LogP contribution >= 0.6 is 0 Å². The fourth-order valence-corrected chi connectivity index (χ4v) is 3.89. The van der Waals surface area contributed by atoms with Gasteiger partial charge in [0, 0.05) is 6.04 Å². The third kappa shape index (κ3) is 4.44. The van der Waals surface area contributed by atoms with Crippen molar-refractivity contribution in [2.24, 2.45) is 0 Å². The molecule has 2 nitrogen and oxygen atoms in total. The van der Waals surface area contributed by atoms with Gasteiger partial charge in [-0.05, 0) is 74.0 Å². The van der Waals surface area contributed by atoms with Gasteiger partial charge in [-0.1, -0.05) is 61.2 Å². The van der Waals surface area contributed by atoms with Crippen LogP contribution in [0.15, 0.2) is 61.2 Å². The zero-order valence-electron chi connectivity index (χ0n) is 15.7. The van der Waals surface area contributed by atoms with Gasteiger partial charge in [-0.2, -0.15) is 0 Å². The molecule has 0 bridgehead atoms. The first-order chi connectivity index (χ1) is 12.7. The highest BCUT2D eigenvalue weighted by Crippen LogP contribution is 2.27. The Bertz CT molecular complexity index is 747. The first-order valence-electron chi connectivity index (χ1n) is 9.57. The standard InChI is InChI=1S/C13H17N.C11H12O/c1-2-6-12-10-13(9-11(12)5-1)14-7-3-4-8-14;1-3-4-6-10-7-5-8-11(12)9(10)2/h1-2,5-6,13H,3-4,7-10H2;3-8,12H,1H2,2H3/b;6-4-. The van der Waals surface area contributed by atoms with Crippen molar-refractivity contribution < 1.29 is 5.11 Å². The number of aromatic hydroxyl groups is 1. The molecule has 0 saturated carbocycles. The Balaban J connectivity index is 0.000000153. The highest BCUT2D eigenvalue weighted by molar-refractivity contribution is 5.58. The molecule has 0 radical (unpaired) electrons. The summed E-state index contributed by atoms with van der Waals surface area (Å²) in [6.45, 7) is 8.13. The van der Waals surface area contributed by atoms with Gasteiger partial charge in [0.05, 0.1) is 0 Å². The van der Waals surface area contributed by atoms with Crippen molar-refractivity contribution in [3.63, 3.8) is 0 Å². The zero-order valence-corrected chi connectivity index (χ0v) is 15.7. The summed E-state index contributed by atoms with van der Waals surface area (Å²) in [5.74, 6) is 0.334. The van der Waals surface area contributed by atoms with Crippen LogP contribution in [0.3, 0.4) is 0 Å². The molecule has 1 saturated heterocycles. The molecule has 1 aliphatic heterocycles. The second-order valence-corrected chi connectivity index (χ2v) is 7.16. The maximum Gasteiger partial charge on any atom is 0.119 e. The van der Waals surface area contributed by atoms with Crippen LogP contribution in [0, 0.1) is 6.92 Å². The minimum Gasteiger partial charge on any atom is -0.508 e. The first-order valence-corrected chi connectivity index (χ1v) is 9.57. The lowest BCUT2D eigenvalue weighted by Gasteiger charge is -2.22. The number of nitrogens with zero attached hydrogens (tertiary/aromatic N) is 1. The lowest BCUT2D eigenvalue weighted by molar-refractivity contribution is 0.250. The molecule has 0 unspecified atom stereocenters. The number of hydrogen-bond donors (Lipinski definition) is 1. The number of rotatable bonds is 3. The molecule has 26 heavy (non-hydrogen) atoms. The summed E-state index contributed by atoms with van der Waals surface area (Å²) in [6.07, 6.45) is 10.9. The lowest BCUT2D eigenvalue weighted by Crippen LogP contribution is -2.33. The van der Waals surface area contributed by atoms with E-state index in [4.69, 9.17) is 0 Å². The number of fused-ring (bicyclic) bond motifs is 1. The lowest BCUT2D eigenvalue weighted by atomic mass is 10.1. The zero-order chi connectivity index (χ0) is 18.4. The van der Waals surface area contributed by atoms with Gasteiger partial charge in [-0.15, -0.1) is 0 Å². The van der Waals surface area contributed by atoms with E-state index < -0.39 is 0 Å². The van der Waals surface area contributed by atoms with E-state index in [1.54, 1.807) is 23.3 Å². The molecule has 2 heteroatoms. The van der Waals surface area contributed by atoms with Crippen LogP contribution in [0.5, 0.6) is 5.75 Å². The van der Waals surface area contributed by atoms with Crippen molar-refractivity contribution in [1.82, 2.24) is 4.90 Å². The number of phenols is 1. The van der Waals surface area contributed by atoms with Crippen molar-refractivity contribution in [2.45, 2.75) is 38.6 Å². The molecule has 2 aliphatic rings. The van der Waals surface area contributed by atoms with Crippen LogP contribution < -0.4 is 0 Å². The van der Waals surface area contributed by atoms with E-state index >= 15 is 0 Å². The van der Waals surface area contributed by atoms with Crippen molar-refractivity contribution in [1.29, 1.82) is 0 Å². The number of phenolic OH excluding ortho intramolecular Hbond substituents is 1. The smallest absolute Gasteiger partial charge is 0.119 e. The van der Waals surface area contributed by atoms with Gasteiger partial charge < -0.3 is 5.11 Å². The van der Waals surface area contributed by atoms with Crippen molar-refractivity contribution in [3.8, 4) is 5.75 Å². The van der Waals surface area contributed by atoms with E-state index in [-0.39, 0.29) is 0 Å². The minimum atomic E-state index is 0.334. The Morgan fingerprint density at radius 1 is 1.00 bits per heavy atom. The van der Waals surface area contributed by atoms with Crippen molar-refractivity contribution in [2.75, 3.05) is 13.1 Å². The molecule has 136 valence electrons. The molecule has 0 atom stereocenters. The predicted octanol–water partition coefficient (Wildman–Crippen LogP) is 5.15.